The number of H-pyrrole nitrogens is 1. The number of aromatic nitrogens is 2. The van der Waals surface area contributed by atoms with Crippen molar-refractivity contribution in [1.82, 2.24) is 9.97 Å². The number of nitrogen functional groups attached to an aromatic ring is 1. The van der Waals surface area contributed by atoms with E-state index in [9.17, 15) is 4.79 Å². The van der Waals surface area contributed by atoms with E-state index in [1.54, 1.807) is 11.8 Å². The summed E-state index contributed by atoms with van der Waals surface area (Å²) in [7, 11) is 0. The van der Waals surface area contributed by atoms with Crippen LogP contribution in [0.4, 0.5) is 5.82 Å². The zero-order valence-electron chi connectivity index (χ0n) is 11.1. The van der Waals surface area contributed by atoms with Crippen LogP contribution in [0.3, 0.4) is 0 Å². The third-order valence-corrected chi connectivity index (χ3v) is 4.27. The lowest BCUT2D eigenvalue weighted by Gasteiger charge is -2.06. The van der Waals surface area contributed by atoms with Crippen LogP contribution in [0.1, 0.15) is 24.7 Å². The Kier molecular flexibility index (Phi) is 5.25. The predicted octanol–water partition coefficient (Wildman–Crippen LogP) is 3.36. The minimum absolute atomic E-state index is 0.121. The molecule has 0 atom stereocenters. The summed E-state index contributed by atoms with van der Waals surface area (Å²) in [6, 6.07) is 7.99. The van der Waals surface area contributed by atoms with Gasteiger partial charge in [-0.25, -0.2) is 4.98 Å². The number of rotatable bonds is 5. The molecule has 0 spiro atoms. The number of nitrogens with two attached hydrogens (primary N) is 1. The van der Waals surface area contributed by atoms with Crippen LogP contribution in [0, 0.1) is 0 Å². The molecule has 2 rings (SSSR count). The lowest BCUT2D eigenvalue weighted by Crippen LogP contribution is -2.19. The van der Waals surface area contributed by atoms with Gasteiger partial charge in [0.2, 0.25) is 0 Å². The summed E-state index contributed by atoms with van der Waals surface area (Å²) in [5.74, 6) is 1.54. The smallest absolute Gasteiger partial charge is 0.256 e. The highest BCUT2D eigenvalue weighted by atomic mass is 79.9. The fourth-order valence-corrected chi connectivity index (χ4v) is 3.21. The summed E-state index contributed by atoms with van der Waals surface area (Å²) in [5, 5.41) is 0. The number of halogens is 1. The Hall–Kier alpha value is -1.27. The average molecular weight is 354 g/mol. The van der Waals surface area contributed by atoms with Gasteiger partial charge in [0.15, 0.2) is 0 Å². The zero-order chi connectivity index (χ0) is 14.5. The molecule has 0 aliphatic rings. The Labute approximate surface area is 130 Å². The van der Waals surface area contributed by atoms with Gasteiger partial charge in [0.05, 0.1) is 11.3 Å². The standard InChI is InChI=1S/C14H16BrN3OS/c1-2-4-11-13(16)17-12(18-14(11)19)8-20-10-6-3-5-9(15)7-10/h3,5-7H,2,4,8H2,1H3,(H3,16,17,18,19). The van der Waals surface area contributed by atoms with E-state index in [4.69, 9.17) is 5.73 Å². The molecule has 0 aliphatic carbocycles. The van der Waals surface area contributed by atoms with Crippen LogP contribution < -0.4 is 11.3 Å². The Morgan fingerprint density at radius 3 is 2.90 bits per heavy atom. The van der Waals surface area contributed by atoms with Crippen LogP contribution >= 0.6 is 27.7 Å². The summed E-state index contributed by atoms with van der Waals surface area (Å²) in [6.07, 6.45) is 1.54. The van der Waals surface area contributed by atoms with Crippen LogP contribution in [0.25, 0.3) is 0 Å². The van der Waals surface area contributed by atoms with Crippen molar-refractivity contribution in [2.24, 2.45) is 0 Å². The summed E-state index contributed by atoms with van der Waals surface area (Å²) >= 11 is 5.04. The van der Waals surface area contributed by atoms with Crippen LogP contribution in [-0.2, 0) is 12.2 Å². The fraction of sp³-hybridized carbons (Fsp3) is 0.286. The largest absolute Gasteiger partial charge is 0.383 e. The molecule has 0 bridgehead atoms. The van der Waals surface area contributed by atoms with E-state index in [0.717, 1.165) is 15.8 Å². The maximum atomic E-state index is 11.9. The first-order valence-corrected chi connectivity index (χ1v) is 8.14. The summed E-state index contributed by atoms with van der Waals surface area (Å²) in [5.41, 5.74) is 6.32. The van der Waals surface area contributed by atoms with Crippen molar-refractivity contribution in [3.05, 3.63) is 50.5 Å². The molecule has 0 fully saturated rings. The molecule has 2 aromatic rings. The van der Waals surface area contributed by atoms with Gasteiger partial charge in [-0.1, -0.05) is 35.3 Å². The van der Waals surface area contributed by atoms with Crippen molar-refractivity contribution >= 4 is 33.5 Å². The number of hydrogen-bond acceptors (Lipinski definition) is 4. The number of benzene rings is 1. The van der Waals surface area contributed by atoms with Gasteiger partial charge in [0.1, 0.15) is 11.6 Å². The lowest BCUT2D eigenvalue weighted by molar-refractivity contribution is 0.874. The van der Waals surface area contributed by atoms with Gasteiger partial charge in [-0.15, -0.1) is 11.8 Å². The topological polar surface area (TPSA) is 71.8 Å². The summed E-state index contributed by atoms with van der Waals surface area (Å²) in [6.45, 7) is 2.01. The van der Waals surface area contributed by atoms with E-state index in [1.165, 1.54) is 0 Å². The number of aromatic amines is 1. The number of nitrogens with one attached hydrogen (secondary N) is 1. The maximum absolute atomic E-state index is 11.9. The molecule has 4 nitrogen and oxygen atoms in total. The van der Waals surface area contributed by atoms with E-state index < -0.39 is 0 Å². The number of thioether (sulfide) groups is 1. The fourth-order valence-electron chi connectivity index (χ4n) is 1.83. The van der Waals surface area contributed by atoms with Gasteiger partial charge in [-0.05, 0) is 24.6 Å². The van der Waals surface area contributed by atoms with Gasteiger partial charge >= 0.3 is 0 Å². The number of nitrogens with zero attached hydrogens (tertiary/aromatic N) is 1. The van der Waals surface area contributed by atoms with Crippen molar-refractivity contribution < 1.29 is 0 Å². The van der Waals surface area contributed by atoms with Crippen molar-refractivity contribution in [2.45, 2.75) is 30.4 Å². The molecule has 1 aromatic heterocycles. The number of hydrogen-bond donors (Lipinski definition) is 2. The minimum Gasteiger partial charge on any atom is -0.383 e. The third kappa shape index (κ3) is 3.86. The molecule has 20 heavy (non-hydrogen) atoms. The van der Waals surface area contributed by atoms with Gasteiger partial charge in [0, 0.05) is 9.37 Å². The Morgan fingerprint density at radius 2 is 2.25 bits per heavy atom. The van der Waals surface area contributed by atoms with Gasteiger partial charge < -0.3 is 10.7 Å². The third-order valence-electron chi connectivity index (χ3n) is 2.77. The highest BCUT2D eigenvalue weighted by Crippen LogP contribution is 2.24. The Balaban J connectivity index is 2.13. The maximum Gasteiger partial charge on any atom is 0.256 e. The predicted molar refractivity (Wildman–Crippen MR) is 87.0 cm³/mol. The first kappa shape index (κ1) is 15.1. The van der Waals surface area contributed by atoms with Gasteiger partial charge in [-0.2, -0.15) is 0 Å². The van der Waals surface area contributed by atoms with E-state index in [0.29, 0.717) is 29.4 Å². The first-order chi connectivity index (χ1) is 9.60. The van der Waals surface area contributed by atoms with E-state index in [-0.39, 0.29) is 5.56 Å². The quantitative estimate of drug-likeness (QED) is 0.808. The molecule has 3 N–H and O–H groups in total. The first-order valence-electron chi connectivity index (χ1n) is 6.36. The molecule has 1 heterocycles. The summed E-state index contributed by atoms with van der Waals surface area (Å²) in [4.78, 5) is 20.1. The normalized spacial score (nSPS) is 10.7. The second-order valence-electron chi connectivity index (χ2n) is 4.37. The average Bonchev–Trinajstić information content (AvgIpc) is 2.41. The Bertz CT molecular complexity index is 657. The van der Waals surface area contributed by atoms with Crippen LogP contribution in [0.15, 0.2) is 38.4 Å². The summed E-state index contributed by atoms with van der Waals surface area (Å²) < 4.78 is 1.03. The minimum atomic E-state index is -0.121. The van der Waals surface area contributed by atoms with Crippen molar-refractivity contribution in [3.8, 4) is 0 Å². The molecule has 0 radical (unpaired) electrons. The molecular weight excluding hydrogens is 338 g/mol. The molecule has 0 amide bonds. The van der Waals surface area contributed by atoms with Gasteiger partial charge in [-0.3, -0.25) is 4.79 Å². The van der Waals surface area contributed by atoms with Crippen molar-refractivity contribution in [2.75, 3.05) is 5.73 Å². The van der Waals surface area contributed by atoms with Crippen LogP contribution in [0.5, 0.6) is 0 Å². The van der Waals surface area contributed by atoms with E-state index in [2.05, 4.69) is 25.9 Å². The lowest BCUT2D eigenvalue weighted by atomic mass is 10.2. The molecule has 0 saturated carbocycles. The zero-order valence-corrected chi connectivity index (χ0v) is 13.6. The molecule has 6 heteroatoms. The highest BCUT2D eigenvalue weighted by Gasteiger charge is 2.08. The SMILES string of the molecule is CCCc1c(N)nc(CSc2cccc(Br)c2)[nH]c1=O. The van der Waals surface area contributed by atoms with Crippen molar-refractivity contribution in [3.63, 3.8) is 0 Å². The highest BCUT2D eigenvalue weighted by molar-refractivity contribution is 9.10. The Morgan fingerprint density at radius 1 is 1.45 bits per heavy atom. The van der Waals surface area contributed by atoms with Gasteiger partial charge in [0.25, 0.3) is 5.56 Å². The molecule has 0 aliphatic heterocycles. The van der Waals surface area contributed by atoms with Crippen LogP contribution in [0.2, 0.25) is 0 Å². The molecule has 0 unspecified atom stereocenters. The second kappa shape index (κ2) is 6.95. The number of anilines is 1. The second-order valence-corrected chi connectivity index (χ2v) is 6.34. The van der Waals surface area contributed by atoms with E-state index >= 15 is 0 Å². The van der Waals surface area contributed by atoms with Crippen molar-refractivity contribution in [1.29, 1.82) is 0 Å². The van der Waals surface area contributed by atoms with E-state index in [1.807, 2.05) is 31.2 Å². The molecule has 0 saturated heterocycles. The molecule has 1 aromatic carbocycles. The molecular formula is C14H16BrN3OS. The molecule has 106 valence electrons. The van der Waals surface area contributed by atoms with Crippen LogP contribution in [-0.4, -0.2) is 9.97 Å². The monoisotopic (exact) mass is 353 g/mol.